The van der Waals surface area contributed by atoms with E-state index in [9.17, 15) is 4.39 Å². The summed E-state index contributed by atoms with van der Waals surface area (Å²) in [5.41, 5.74) is 0.787. The van der Waals surface area contributed by atoms with Crippen molar-refractivity contribution in [1.29, 1.82) is 0 Å². The van der Waals surface area contributed by atoms with Crippen molar-refractivity contribution >= 4 is 33.2 Å². The van der Waals surface area contributed by atoms with Gasteiger partial charge < -0.3 is 10.6 Å². The molecule has 1 fully saturated rings. The highest BCUT2D eigenvalue weighted by atomic mass is 79.9. The van der Waals surface area contributed by atoms with Crippen molar-refractivity contribution in [2.24, 2.45) is 0 Å². The minimum Gasteiger partial charge on any atom is -0.380 e. The van der Waals surface area contributed by atoms with Gasteiger partial charge in [0.25, 0.3) is 0 Å². The lowest BCUT2D eigenvalue weighted by Gasteiger charge is -2.25. The molecule has 88 valence electrons. The molecule has 1 saturated heterocycles. The molecule has 5 heteroatoms. The fraction of sp³-hybridized carbons (Fsp3) is 0.455. The van der Waals surface area contributed by atoms with E-state index in [1.54, 1.807) is 0 Å². The number of hydrogen-bond donors (Lipinski definition) is 2. The smallest absolute Gasteiger partial charge is 0.125 e. The number of halogens is 3. The van der Waals surface area contributed by atoms with Gasteiger partial charge in [0.05, 0.1) is 10.7 Å². The maximum atomic E-state index is 13.0. The average molecular weight is 308 g/mol. The number of rotatable bonds is 2. The van der Waals surface area contributed by atoms with E-state index < -0.39 is 0 Å². The monoisotopic (exact) mass is 306 g/mol. The van der Waals surface area contributed by atoms with Gasteiger partial charge in [-0.3, -0.25) is 0 Å². The largest absolute Gasteiger partial charge is 0.380 e. The second-order valence-electron chi connectivity index (χ2n) is 3.91. The van der Waals surface area contributed by atoms with Crippen molar-refractivity contribution in [3.63, 3.8) is 0 Å². The maximum absolute atomic E-state index is 13.0. The third kappa shape index (κ3) is 2.87. The number of anilines is 1. The molecule has 0 aliphatic carbocycles. The summed E-state index contributed by atoms with van der Waals surface area (Å²) >= 11 is 9.33. The minimum atomic E-state index is -0.326. The van der Waals surface area contributed by atoms with Crippen molar-refractivity contribution in [2.75, 3.05) is 18.4 Å². The molecule has 2 nitrogen and oxygen atoms in total. The SMILES string of the molecule is Fc1cc(Cl)c(NC2CCNCC2)c(Br)c1. The molecule has 0 amide bonds. The van der Waals surface area contributed by atoms with Crippen molar-refractivity contribution in [2.45, 2.75) is 18.9 Å². The normalized spacial score (nSPS) is 17.4. The molecule has 0 saturated carbocycles. The number of hydrogen-bond acceptors (Lipinski definition) is 2. The molecule has 2 rings (SSSR count). The lowest BCUT2D eigenvalue weighted by Crippen LogP contribution is -2.35. The van der Waals surface area contributed by atoms with Crippen LogP contribution in [0, 0.1) is 5.82 Å². The van der Waals surface area contributed by atoms with E-state index in [1.165, 1.54) is 12.1 Å². The fourth-order valence-electron chi connectivity index (χ4n) is 1.85. The highest BCUT2D eigenvalue weighted by Gasteiger charge is 2.16. The number of benzene rings is 1. The highest BCUT2D eigenvalue weighted by molar-refractivity contribution is 9.10. The van der Waals surface area contributed by atoms with Crippen LogP contribution in [0.2, 0.25) is 5.02 Å². The van der Waals surface area contributed by atoms with E-state index in [2.05, 4.69) is 26.6 Å². The second kappa shape index (κ2) is 5.34. The maximum Gasteiger partial charge on any atom is 0.125 e. The lowest BCUT2D eigenvalue weighted by atomic mass is 10.1. The van der Waals surface area contributed by atoms with Gasteiger partial charge in [-0.1, -0.05) is 11.6 Å². The van der Waals surface area contributed by atoms with Crippen molar-refractivity contribution in [1.82, 2.24) is 5.32 Å². The predicted molar refractivity (Wildman–Crippen MR) is 68.6 cm³/mol. The van der Waals surface area contributed by atoms with Crippen LogP contribution in [0.4, 0.5) is 10.1 Å². The molecular formula is C11H13BrClFN2. The summed E-state index contributed by atoms with van der Waals surface area (Å²) in [5.74, 6) is -0.326. The van der Waals surface area contributed by atoms with Gasteiger partial charge in [-0.15, -0.1) is 0 Å². The molecule has 1 aliphatic heterocycles. The van der Waals surface area contributed by atoms with Crippen LogP contribution in [0.3, 0.4) is 0 Å². The Hall–Kier alpha value is -0.320. The lowest BCUT2D eigenvalue weighted by molar-refractivity contribution is 0.479. The molecule has 0 radical (unpaired) electrons. The fourth-order valence-corrected chi connectivity index (χ4v) is 2.77. The molecule has 0 unspecified atom stereocenters. The molecule has 0 spiro atoms. The zero-order chi connectivity index (χ0) is 11.5. The second-order valence-corrected chi connectivity index (χ2v) is 5.17. The summed E-state index contributed by atoms with van der Waals surface area (Å²) in [6.45, 7) is 2.02. The molecule has 1 aromatic rings. The van der Waals surface area contributed by atoms with E-state index in [0.29, 0.717) is 15.5 Å². The number of piperidine rings is 1. The van der Waals surface area contributed by atoms with E-state index >= 15 is 0 Å². The van der Waals surface area contributed by atoms with E-state index in [0.717, 1.165) is 31.6 Å². The Labute approximate surface area is 108 Å². The van der Waals surface area contributed by atoms with Gasteiger partial charge in [0.2, 0.25) is 0 Å². The van der Waals surface area contributed by atoms with E-state index in [4.69, 9.17) is 11.6 Å². The molecule has 1 aromatic carbocycles. The first kappa shape index (κ1) is 12.1. The van der Waals surface area contributed by atoms with Crippen LogP contribution in [-0.2, 0) is 0 Å². The molecule has 16 heavy (non-hydrogen) atoms. The van der Waals surface area contributed by atoms with Crippen molar-refractivity contribution < 1.29 is 4.39 Å². The Morgan fingerprint density at radius 2 is 2.06 bits per heavy atom. The molecular weight excluding hydrogens is 294 g/mol. The summed E-state index contributed by atoms with van der Waals surface area (Å²) < 4.78 is 13.7. The van der Waals surface area contributed by atoms with Gasteiger partial charge in [-0.05, 0) is 54.0 Å². The van der Waals surface area contributed by atoms with Gasteiger partial charge >= 0.3 is 0 Å². The zero-order valence-corrected chi connectivity index (χ0v) is 11.0. The summed E-state index contributed by atoms with van der Waals surface area (Å²) in [6.07, 6.45) is 2.11. The first-order valence-electron chi connectivity index (χ1n) is 5.28. The molecule has 0 aromatic heterocycles. The molecule has 2 N–H and O–H groups in total. The van der Waals surface area contributed by atoms with Crippen LogP contribution in [0.25, 0.3) is 0 Å². The summed E-state index contributed by atoms with van der Waals surface area (Å²) in [6, 6.07) is 3.16. The Balaban J connectivity index is 2.14. The Bertz CT molecular complexity index is 357. The molecule has 0 bridgehead atoms. The molecule has 1 heterocycles. The van der Waals surface area contributed by atoms with E-state index in [-0.39, 0.29) is 5.82 Å². The van der Waals surface area contributed by atoms with Gasteiger partial charge in [-0.25, -0.2) is 4.39 Å². The van der Waals surface area contributed by atoms with Crippen LogP contribution in [0.5, 0.6) is 0 Å². The summed E-state index contributed by atoms with van der Waals surface area (Å²) in [5, 5.41) is 7.07. The van der Waals surface area contributed by atoms with Crippen molar-refractivity contribution in [3.05, 3.63) is 27.4 Å². The van der Waals surface area contributed by atoms with Crippen LogP contribution < -0.4 is 10.6 Å². The first-order valence-corrected chi connectivity index (χ1v) is 6.45. The molecule has 1 aliphatic rings. The van der Waals surface area contributed by atoms with Gasteiger partial charge in [0, 0.05) is 10.5 Å². The Morgan fingerprint density at radius 3 is 2.69 bits per heavy atom. The number of nitrogens with one attached hydrogen (secondary N) is 2. The predicted octanol–water partition coefficient (Wildman–Crippen LogP) is 3.41. The van der Waals surface area contributed by atoms with Crippen LogP contribution in [0.15, 0.2) is 16.6 Å². The van der Waals surface area contributed by atoms with Crippen LogP contribution in [-0.4, -0.2) is 19.1 Å². The quantitative estimate of drug-likeness (QED) is 0.875. The third-order valence-electron chi connectivity index (χ3n) is 2.69. The zero-order valence-electron chi connectivity index (χ0n) is 8.69. The van der Waals surface area contributed by atoms with Gasteiger partial charge in [-0.2, -0.15) is 0 Å². The van der Waals surface area contributed by atoms with Gasteiger partial charge in [0.15, 0.2) is 0 Å². The first-order chi connectivity index (χ1) is 7.66. The van der Waals surface area contributed by atoms with Crippen LogP contribution in [0.1, 0.15) is 12.8 Å². The topological polar surface area (TPSA) is 24.1 Å². The van der Waals surface area contributed by atoms with E-state index in [1.807, 2.05) is 0 Å². The Kier molecular flexibility index (Phi) is 4.05. The standard InChI is InChI=1S/C11H13BrClFN2/c12-9-5-7(14)6-10(13)11(9)16-8-1-3-15-4-2-8/h5-6,8,15-16H,1-4H2. The highest BCUT2D eigenvalue weighted by Crippen LogP contribution is 2.32. The minimum absolute atomic E-state index is 0.326. The summed E-state index contributed by atoms with van der Waals surface area (Å²) in [7, 11) is 0. The van der Waals surface area contributed by atoms with Gasteiger partial charge in [0.1, 0.15) is 5.82 Å². The summed E-state index contributed by atoms with van der Waals surface area (Å²) in [4.78, 5) is 0. The average Bonchev–Trinajstić information content (AvgIpc) is 2.25. The Morgan fingerprint density at radius 1 is 1.38 bits per heavy atom. The van der Waals surface area contributed by atoms with Crippen LogP contribution >= 0.6 is 27.5 Å². The molecule has 0 atom stereocenters. The third-order valence-corrected chi connectivity index (χ3v) is 3.62. The van der Waals surface area contributed by atoms with Crippen molar-refractivity contribution in [3.8, 4) is 0 Å².